The molecule has 0 saturated carbocycles. The summed E-state index contributed by atoms with van der Waals surface area (Å²) in [5.74, 6) is 0.764. The number of anilines is 1. The van der Waals surface area contributed by atoms with Gasteiger partial charge in [0.05, 0.1) is 4.88 Å². The number of carbonyl (C=O) groups is 1. The lowest BCUT2D eigenvalue weighted by atomic mass is 10.1. The minimum absolute atomic E-state index is 0.0839. The van der Waals surface area contributed by atoms with Crippen molar-refractivity contribution in [3.05, 3.63) is 80.5 Å². The highest BCUT2D eigenvalue weighted by atomic mass is 32.1. The second-order valence-electron chi connectivity index (χ2n) is 6.63. The Balaban J connectivity index is 1.63. The predicted molar refractivity (Wildman–Crippen MR) is 108 cm³/mol. The average molecular weight is 365 g/mol. The molecule has 1 amide bonds. The Bertz CT molecular complexity index is 943. The van der Waals surface area contributed by atoms with Gasteiger partial charge in [-0.15, -0.1) is 11.3 Å². The van der Waals surface area contributed by atoms with E-state index in [4.69, 9.17) is 4.74 Å². The molecule has 2 aromatic carbocycles. The topological polar surface area (TPSA) is 38.3 Å². The quantitative estimate of drug-likeness (QED) is 0.619. The third-order valence-corrected chi connectivity index (χ3v) is 5.37. The summed E-state index contributed by atoms with van der Waals surface area (Å²) in [6.07, 6.45) is 0. The van der Waals surface area contributed by atoms with Gasteiger partial charge in [0.15, 0.2) is 0 Å². The van der Waals surface area contributed by atoms with Crippen LogP contribution in [0.4, 0.5) is 5.69 Å². The summed E-state index contributed by atoms with van der Waals surface area (Å²) in [7, 11) is 0. The number of carbonyl (C=O) groups excluding carboxylic acids is 1. The van der Waals surface area contributed by atoms with E-state index in [2.05, 4.69) is 31.3 Å². The number of benzene rings is 2. The van der Waals surface area contributed by atoms with Crippen LogP contribution in [0.25, 0.3) is 0 Å². The molecule has 0 aliphatic carbocycles. The first kappa shape index (κ1) is 18.2. The van der Waals surface area contributed by atoms with Crippen LogP contribution in [0, 0.1) is 27.7 Å². The van der Waals surface area contributed by atoms with Crippen molar-refractivity contribution < 1.29 is 9.53 Å². The minimum atomic E-state index is -0.0839. The van der Waals surface area contributed by atoms with Crippen LogP contribution >= 0.6 is 11.3 Å². The molecule has 3 aromatic rings. The van der Waals surface area contributed by atoms with Gasteiger partial charge < -0.3 is 10.1 Å². The molecule has 134 valence electrons. The van der Waals surface area contributed by atoms with E-state index < -0.39 is 0 Å². The number of rotatable bonds is 5. The molecule has 1 heterocycles. The van der Waals surface area contributed by atoms with Gasteiger partial charge in [-0.2, -0.15) is 0 Å². The molecule has 1 N–H and O–H groups in total. The van der Waals surface area contributed by atoms with Crippen molar-refractivity contribution in [2.24, 2.45) is 0 Å². The van der Waals surface area contributed by atoms with Crippen LogP contribution in [0.5, 0.6) is 5.75 Å². The molecule has 0 fully saturated rings. The van der Waals surface area contributed by atoms with Gasteiger partial charge in [-0.25, -0.2) is 0 Å². The van der Waals surface area contributed by atoms with Crippen LogP contribution in [-0.4, -0.2) is 5.91 Å². The molecular formula is C22H23NO2S. The van der Waals surface area contributed by atoms with Gasteiger partial charge in [0.1, 0.15) is 12.4 Å². The number of amides is 1. The summed E-state index contributed by atoms with van der Waals surface area (Å²) >= 11 is 1.43. The summed E-state index contributed by atoms with van der Waals surface area (Å²) < 4.78 is 5.85. The summed E-state index contributed by atoms with van der Waals surface area (Å²) in [5, 5.41) is 4.96. The van der Waals surface area contributed by atoms with Crippen molar-refractivity contribution in [2.75, 3.05) is 5.32 Å². The molecule has 4 heteroatoms. The van der Waals surface area contributed by atoms with Gasteiger partial charge in [-0.3, -0.25) is 4.79 Å². The Morgan fingerprint density at radius 2 is 1.77 bits per heavy atom. The van der Waals surface area contributed by atoms with Crippen LogP contribution in [0.1, 0.15) is 37.5 Å². The first-order chi connectivity index (χ1) is 12.4. The third-order valence-electron chi connectivity index (χ3n) is 4.39. The molecule has 26 heavy (non-hydrogen) atoms. The van der Waals surface area contributed by atoms with Gasteiger partial charge in [0.2, 0.25) is 0 Å². The average Bonchev–Trinajstić information content (AvgIpc) is 3.07. The predicted octanol–water partition coefficient (Wildman–Crippen LogP) is 5.81. The van der Waals surface area contributed by atoms with Crippen LogP contribution < -0.4 is 10.1 Å². The zero-order chi connectivity index (χ0) is 18.7. The van der Waals surface area contributed by atoms with E-state index in [0.29, 0.717) is 11.5 Å². The van der Waals surface area contributed by atoms with E-state index in [0.717, 1.165) is 22.6 Å². The fourth-order valence-corrected chi connectivity index (χ4v) is 3.47. The highest BCUT2D eigenvalue weighted by molar-refractivity contribution is 7.12. The SMILES string of the molecule is Cc1ccc(NC(=O)c2cc(COc3ccc(C)c(C)c3)cs2)c(C)c1. The van der Waals surface area contributed by atoms with Crippen LogP contribution in [0.2, 0.25) is 0 Å². The lowest BCUT2D eigenvalue weighted by Gasteiger charge is -2.08. The molecule has 1 aromatic heterocycles. The van der Waals surface area contributed by atoms with Gasteiger partial charge >= 0.3 is 0 Å². The number of hydrogen-bond acceptors (Lipinski definition) is 3. The molecular weight excluding hydrogens is 342 g/mol. The summed E-state index contributed by atoms with van der Waals surface area (Å²) in [6, 6.07) is 14.0. The van der Waals surface area contributed by atoms with Gasteiger partial charge in [-0.1, -0.05) is 23.8 Å². The Labute approximate surface area is 158 Å². The maximum Gasteiger partial charge on any atom is 0.265 e. The largest absolute Gasteiger partial charge is 0.489 e. The Morgan fingerprint density at radius 3 is 2.50 bits per heavy atom. The number of aryl methyl sites for hydroxylation is 4. The maximum atomic E-state index is 12.5. The van der Waals surface area contributed by atoms with E-state index in [1.807, 2.05) is 49.6 Å². The number of hydrogen-bond donors (Lipinski definition) is 1. The third kappa shape index (κ3) is 4.33. The zero-order valence-corrected chi connectivity index (χ0v) is 16.4. The van der Waals surface area contributed by atoms with Crippen LogP contribution in [0.3, 0.4) is 0 Å². The second-order valence-corrected chi connectivity index (χ2v) is 7.54. The highest BCUT2D eigenvalue weighted by Gasteiger charge is 2.11. The number of ether oxygens (including phenoxy) is 1. The lowest BCUT2D eigenvalue weighted by Crippen LogP contribution is -2.11. The molecule has 0 aliphatic heterocycles. The van der Waals surface area contributed by atoms with E-state index in [1.165, 1.54) is 28.0 Å². The monoisotopic (exact) mass is 365 g/mol. The Morgan fingerprint density at radius 1 is 0.962 bits per heavy atom. The maximum absolute atomic E-state index is 12.5. The molecule has 0 unspecified atom stereocenters. The second kappa shape index (κ2) is 7.75. The van der Waals surface area contributed by atoms with Crippen LogP contribution in [-0.2, 0) is 6.61 Å². The first-order valence-corrected chi connectivity index (χ1v) is 9.46. The van der Waals surface area contributed by atoms with E-state index in [-0.39, 0.29) is 5.91 Å². The van der Waals surface area contributed by atoms with Gasteiger partial charge in [0, 0.05) is 11.3 Å². The first-order valence-electron chi connectivity index (χ1n) is 8.58. The standard InChI is InChI=1S/C22H23NO2S/c1-14-5-8-20(17(4)9-14)23-22(24)21-11-18(13-26-21)12-25-19-7-6-15(2)16(3)10-19/h5-11,13H,12H2,1-4H3,(H,23,24). The number of nitrogens with one attached hydrogen (secondary N) is 1. The molecule has 0 radical (unpaired) electrons. The molecule has 0 atom stereocenters. The number of thiophene rings is 1. The van der Waals surface area contributed by atoms with Gasteiger partial charge in [-0.05, 0) is 74.0 Å². The molecule has 0 saturated heterocycles. The molecule has 3 rings (SSSR count). The van der Waals surface area contributed by atoms with Crippen molar-refractivity contribution >= 4 is 22.9 Å². The molecule has 0 spiro atoms. The van der Waals surface area contributed by atoms with Crippen molar-refractivity contribution in [3.8, 4) is 5.75 Å². The van der Waals surface area contributed by atoms with Crippen molar-refractivity contribution in [1.82, 2.24) is 0 Å². The van der Waals surface area contributed by atoms with Crippen molar-refractivity contribution in [2.45, 2.75) is 34.3 Å². The zero-order valence-electron chi connectivity index (χ0n) is 15.6. The van der Waals surface area contributed by atoms with E-state index in [1.54, 1.807) is 0 Å². The molecule has 3 nitrogen and oxygen atoms in total. The lowest BCUT2D eigenvalue weighted by molar-refractivity contribution is 0.103. The van der Waals surface area contributed by atoms with E-state index >= 15 is 0 Å². The van der Waals surface area contributed by atoms with Crippen LogP contribution in [0.15, 0.2) is 47.8 Å². The highest BCUT2D eigenvalue weighted by Crippen LogP contribution is 2.22. The van der Waals surface area contributed by atoms with Crippen molar-refractivity contribution in [3.63, 3.8) is 0 Å². The van der Waals surface area contributed by atoms with Crippen molar-refractivity contribution in [1.29, 1.82) is 0 Å². The summed E-state index contributed by atoms with van der Waals surface area (Å²) in [4.78, 5) is 13.2. The van der Waals surface area contributed by atoms with E-state index in [9.17, 15) is 4.79 Å². The Hall–Kier alpha value is -2.59. The smallest absolute Gasteiger partial charge is 0.265 e. The summed E-state index contributed by atoms with van der Waals surface area (Å²) in [6.45, 7) is 8.65. The Kier molecular flexibility index (Phi) is 5.43. The fourth-order valence-electron chi connectivity index (χ4n) is 2.68. The summed E-state index contributed by atoms with van der Waals surface area (Å²) in [5.41, 5.74) is 6.55. The minimum Gasteiger partial charge on any atom is -0.489 e. The normalized spacial score (nSPS) is 10.6. The molecule has 0 bridgehead atoms. The van der Waals surface area contributed by atoms with Gasteiger partial charge in [0.25, 0.3) is 5.91 Å². The fraction of sp³-hybridized carbons (Fsp3) is 0.227. The molecule has 0 aliphatic rings.